The fraction of sp³-hybridized carbons (Fsp3) is 0.391. The van der Waals surface area contributed by atoms with Crippen LogP contribution in [0.3, 0.4) is 0 Å². The molecule has 3 aromatic rings. The van der Waals surface area contributed by atoms with Crippen LogP contribution in [0.2, 0.25) is 5.02 Å². The van der Waals surface area contributed by atoms with Crippen molar-refractivity contribution in [1.82, 2.24) is 20.9 Å². The molecule has 0 saturated heterocycles. The van der Waals surface area contributed by atoms with Gasteiger partial charge >= 0.3 is 0 Å². The van der Waals surface area contributed by atoms with Crippen molar-refractivity contribution in [2.75, 3.05) is 6.54 Å². The molecule has 1 fully saturated rings. The van der Waals surface area contributed by atoms with Crippen LogP contribution in [0.1, 0.15) is 56.3 Å². The molecule has 1 aliphatic heterocycles. The van der Waals surface area contributed by atoms with Gasteiger partial charge in [0.15, 0.2) is 0 Å². The SMILES string of the molecule is O=C(N[C@@H]1CCCC[C@@H]1NC(=O)c1cc2c(s1)CCNC2)c1cc2cc(Cl)ccc2[nH]1. The number of halogens is 1. The summed E-state index contributed by atoms with van der Waals surface area (Å²) in [5.41, 5.74) is 2.61. The highest BCUT2D eigenvalue weighted by molar-refractivity contribution is 7.14. The summed E-state index contributed by atoms with van der Waals surface area (Å²) in [6.45, 7) is 1.79. The van der Waals surface area contributed by atoms with E-state index in [-0.39, 0.29) is 23.9 Å². The molecule has 2 atom stereocenters. The summed E-state index contributed by atoms with van der Waals surface area (Å²) in [5.74, 6) is -0.193. The minimum atomic E-state index is -0.156. The zero-order valence-corrected chi connectivity index (χ0v) is 18.7. The Morgan fingerprint density at radius 3 is 2.58 bits per heavy atom. The number of nitrogens with one attached hydrogen (secondary N) is 4. The lowest BCUT2D eigenvalue weighted by atomic mass is 9.90. The van der Waals surface area contributed by atoms with E-state index in [1.54, 1.807) is 17.4 Å². The summed E-state index contributed by atoms with van der Waals surface area (Å²) in [7, 11) is 0. The van der Waals surface area contributed by atoms with Gasteiger partial charge in [0, 0.05) is 46.0 Å². The Labute approximate surface area is 189 Å². The van der Waals surface area contributed by atoms with Crippen LogP contribution in [0.4, 0.5) is 0 Å². The van der Waals surface area contributed by atoms with Gasteiger partial charge in [0.2, 0.25) is 0 Å². The predicted octanol–water partition coefficient (Wildman–Crippen LogP) is 4.00. The Bertz CT molecular complexity index is 1110. The molecule has 5 rings (SSSR count). The minimum absolute atomic E-state index is 0.0363. The van der Waals surface area contributed by atoms with Crippen molar-refractivity contribution in [3.8, 4) is 0 Å². The molecule has 0 bridgehead atoms. The summed E-state index contributed by atoms with van der Waals surface area (Å²) in [4.78, 5) is 31.1. The molecule has 0 spiro atoms. The molecule has 1 aromatic carbocycles. The van der Waals surface area contributed by atoms with Crippen molar-refractivity contribution >= 4 is 45.7 Å². The first-order valence-corrected chi connectivity index (χ1v) is 12.0. The summed E-state index contributed by atoms with van der Waals surface area (Å²) in [5, 5.41) is 11.2. The molecule has 1 saturated carbocycles. The highest BCUT2D eigenvalue weighted by atomic mass is 35.5. The standard InChI is InChI=1S/C23H25ClN4O2S/c24-15-5-6-16-13(9-15)10-19(26-16)22(29)27-17-3-1-2-4-18(17)28-23(30)21-11-14-12-25-8-7-20(14)31-21/h5-6,9-11,17-18,25-26H,1-4,7-8,12H2,(H,27,29)(H,28,30)/t17-,18+/m1/s1. The number of rotatable bonds is 4. The van der Waals surface area contributed by atoms with E-state index in [1.807, 2.05) is 24.3 Å². The van der Waals surface area contributed by atoms with E-state index in [2.05, 4.69) is 20.9 Å². The van der Waals surface area contributed by atoms with E-state index in [1.165, 1.54) is 10.4 Å². The molecule has 3 heterocycles. The Kier molecular flexibility index (Phi) is 5.73. The number of amides is 2. The molecular formula is C23H25ClN4O2S. The van der Waals surface area contributed by atoms with Gasteiger partial charge in [-0.25, -0.2) is 0 Å². The van der Waals surface area contributed by atoms with Crippen LogP contribution in [0.15, 0.2) is 30.3 Å². The lowest BCUT2D eigenvalue weighted by molar-refractivity contribution is 0.0862. The Morgan fingerprint density at radius 2 is 1.81 bits per heavy atom. The number of hydrogen-bond donors (Lipinski definition) is 4. The normalized spacial score (nSPS) is 20.9. The van der Waals surface area contributed by atoms with Crippen LogP contribution >= 0.6 is 22.9 Å². The van der Waals surface area contributed by atoms with Crippen LogP contribution in [-0.4, -0.2) is 35.4 Å². The van der Waals surface area contributed by atoms with Gasteiger partial charge < -0.3 is 20.9 Å². The fourth-order valence-electron chi connectivity index (χ4n) is 4.55. The molecule has 2 aliphatic rings. The molecule has 31 heavy (non-hydrogen) atoms. The predicted molar refractivity (Wildman–Crippen MR) is 124 cm³/mol. The summed E-state index contributed by atoms with van der Waals surface area (Å²) >= 11 is 7.65. The first kappa shape index (κ1) is 20.5. The van der Waals surface area contributed by atoms with Gasteiger partial charge in [-0.15, -0.1) is 11.3 Å². The van der Waals surface area contributed by atoms with Gasteiger partial charge in [-0.3, -0.25) is 9.59 Å². The number of aromatic nitrogens is 1. The molecule has 2 amide bonds. The largest absolute Gasteiger partial charge is 0.351 e. The van der Waals surface area contributed by atoms with Crippen LogP contribution < -0.4 is 16.0 Å². The molecule has 2 aromatic heterocycles. The maximum Gasteiger partial charge on any atom is 0.268 e. The van der Waals surface area contributed by atoms with Crippen molar-refractivity contribution in [2.45, 2.75) is 50.7 Å². The molecule has 0 unspecified atom stereocenters. The molecule has 8 heteroatoms. The second-order valence-electron chi connectivity index (χ2n) is 8.34. The average Bonchev–Trinajstić information content (AvgIpc) is 3.39. The van der Waals surface area contributed by atoms with Crippen molar-refractivity contribution in [2.24, 2.45) is 0 Å². The molecule has 0 radical (unpaired) electrons. The van der Waals surface area contributed by atoms with E-state index < -0.39 is 0 Å². The third-order valence-corrected chi connectivity index (χ3v) is 7.66. The monoisotopic (exact) mass is 456 g/mol. The van der Waals surface area contributed by atoms with Gasteiger partial charge in [-0.05, 0) is 55.2 Å². The average molecular weight is 457 g/mol. The number of H-pyrrole nitrogens is 1. The van der Waals surface area contributed by atoms with Crippen LogP contribution in [-0.2, 0) is 13.0 Å². The topological polar surface area (TPSA) is 86.0 Å². The van der Waals surface area contributed by atoms with E-state index in [0.29, 0.717) is 10.7 Å². The van der Waals surface area contributed by atoms with E-state index in [9.17, 15) is 9.59 Å². The quantitative estimate of drug-likeness (QED) is 0.478. The van der Waals surface area contributed by atoms with Crippen molar-refractivity contribution < 1.29 is 9.59 Å². The van der Waals surface area contributed by atoms with Gasteiger partial charge in [0.05, 0.1) is 4.88 Å². The van der Waals surface area contributed by atoms with Crippen molar-refractivity contribution in [3.63, 3.8) is 0 Å². The third-order valence-electron chi connectivity index (χ3n) is 6.19. The minimum Gasteiger partial charge on any atom is -0.351 e. The highest BCUT2D eigenvalue weighted by Gasteiger charge is 2.29. The molecule has 6 nitrogen and oxygen atoms in total. The maximum atomic E-state index is 12.9. The van der Waals surface area contributed by atoms with Gasteiger partial charge in [0.1, 0.15) is 5.69 Å². The number of aromatic amines is 1. The number of carbonyl (C=O) groups is 2. The first-order chi connectivity index (χ1) is 15.1. The van der Waals surface area contributed by atoms with Gasteiger partial charge in [-0.1, -0.05) is 24.4 Å². The lowest BCUT2D eigenvalue weighted by Gasteiger charge is -2.32. The number of hydrogen-bond acceptors (Lipinski definition) is 4. The molecular weight excluding hydrogens is 432 g/mol. The third kappa shape index (κ3) is 4.35. The Balaban J connectivity index is 1.28. The molecule has 1 aliphatic carbocycles. The van der Waals surface area contributed by atoms with E-state index in [0.717, 1.165) is 61.0 Å². The summed E-state index contributed by atoms with van der Waals surface area (Å²) < 4.78 is 0. The maximum absolute atomic E-state index is 12.9. The van der Waals surface area contributed by atoms with Crippen LogP contribution in [0, 0.1) is 0 Å². The summed E-state index contributed by atoms with van der Waals surface area (Å²) in [6, 6.07) is 9.17. The second kappa shape index (κ2) is 8.65. The van der Waals surface area contributed by atoms with Crippen LogP contribution in [0.25, 0.3) is 10.9 Å². The Hall–Kier alpha value is -2.35. The zero-order chi connectivity index (χ0) is 21.4. The number of carbonyl (C=O) groups excluding carboxylic acids is 2. The number of thiophene rings is 1. The van der Waals surface area contributed by atoms with Gasteiger partial charge in [0.25, 0.3) is 11.8 Å². The molecule has 162 valence electrons. The van der Waals surface area contributed by atoms with Crippen molar-refractivity contribution in [1.29, 1.82) is 0 Å². The highest BCUT2D eigenvalue weighted by Crippen LogP contribution is 2.26. The Morgan fingerprint density at radius 1 is 1.03 bits per heavy atom. The second-order valence-corrected chi connectivity index (χ2v) is 9.92. The van der Waals surface area contributed by atoms with E-state index in [4.69, 9.17) is 11.6 Å². The lowest BCUT2D eigenvalue weighted by Crippen LogP contribution is -2.53. The summed E-state index contributed by atoms with van der Waals surface area (Å²) in [6.07, 6.45) is 4.79. The smallest absolute Gasteiger partial charge is 0.268 e. The van der Waals surface area contributed by atoms with Crippen LogP contribution in [0.5, 0.6) is 0 Å². The first-order valence-electron chi connectivity index (χ1n) is 10.8. The zero-order valence-electron chi connectivity index (χ0n) is 17.1. The van der Waals surface area contributed by atoms with Gasteiger partial charge in [-0.2, -0.15) is 0 Å². The van der Waals surface area contributed by atoms with E-state index >= 15 is 0 Å². The fourth-order valence-corrected chi connectivity index (χ4v) is 5.82. The number of benzene rings is 1. The molecule has 4 N–H and O–H groups in total. The van der Waals surface area contributed by atoms with Crippen molar-refractivity contribution in [3.05, 3.63) is 56.4 Å². The number of fused-ring (bicyclic) bond motifs is 2.